The molecule has 0 bridgehead atoms. The summed E-state index contributed by atoms with van der Waals surface area (Å²) in [5.41, 5.74) is 0.316. The number of carboxylic acids is 2. The van der Waals surface area contributed by atoms with Gasteiger partial charge in [0.2, 0.25) is 0 Å². The Morgan fingerprint density at radius 2 is 1.52 bits per heavy atom. The van der Waals surface area contributed by atoms with Crippen molar-refractivity contribution in [2.24, 2.45) is 0 Å². The number of aliphatic carboxylic acids is 1. The lowest BCUT2D eigenvalue weighted by Crippen LogP contribution is -2.42. The molecule has 8 heteroatoms. The van der Waals surface area contributed by atoms with E-state index in [4.69, 9.17) is 5.11 Å². The highest BCUT2D eigenvalue weighted by Crippen LogP contribution is 2.11. The first-order valence-corrected chi connectivity index (χ1v) is 7.09. The Bertz CT molecular complexity index is 820. The van der Waals surface area contributed by atoms with Gasteiger partial charge < -0.3 is 15.5 Å². The Morgan fingerprint density at radius 3 is 2.04 bits per heavy atom. The molecule has 130 valence electrons. The van der Waals surface area contributed by atoms with Crippen molar-refractivity contribution in [3.63, 3.8) is 0 Å². The minimum Gasteiger partial charge on any atom is -0.480 e. The van der Waals surface area contributed by atoms with Crippen LogP contribution in [0.25, 0.3) is 0 Å². The average Bonchev–Trinajstić information content (AvgIpc) is 2.57. The van der Waals surface area contributed by atoms with Crippen LogP contribution in [0.1, 0.15) is 26.3 Å². The zero-order valence-corrected chi connectivity index (χ0v) is 12.7. The number of halogens is 2. The van der Waals surface area contributed by atoms with Crippen molar-refractivity contribution in [2.75, 3.05) is 0 Å². The van der Waals surface area contributed by atoms with E-state index >= 15 is 0 Å². The van der Waals surface area contributed by atoms with Crippen molar-refractivity contribution >= 4 is 17.8 Å². The lowest BCUT2D eigenvalue weighted by Gasteiger charge is -2.15. The quantitative estimate of drug-likeness (QED) is 0.741. The Hall–Kier alpha value is -3.29. The fraction of sp³-hybridized carbons (Fsp3) is 0.118. The molecule has 0 spiro atoms. The highest BCUT2D eigenvalue weighted by atomic mass is 19.2. The van der Waals surface area contributed by atoms with Crippen LogP contribution in [0.15, 0.2) is 42.5 Å². The van der Waals surface area contributed by atoms with Crippen LogP contribution >= 0.6 is 0 Å². The van der Waals surface area contributed by atoms with Gasteiger partial charge in [-0.25, -0.2) is 18.4 Å². The van der Waals surface area contributed by atoms with Crippen LogP contribution in [-0.4, -0.2) is 34.1 Å². The van der Waals surface area contributed by atoms with Crippen LogP contribution in [0.5, 0.6) is 0 Å². The fourth-order valence-electron chi connectivity index (χ4n) is 2.10. The monoisotopic (exact) mass is 349 g/mol. The molecule has 0 radical (unpaired) electrons. The molecule has 0 saturated heterocycles. The van der Waals surface area contributed by atoms with Gasteiger partial charge >= 0.3 is 11.9 Å². The number of carbonyl (C=O) groups excluding carboxylic acids is 1. The number of carbonyl (C=O) groups is 3. The van der Waals surface area contributed by atoms with Crippen LogP contribution < -0.4 is 5.32 Å². The van der Waals surface area contributed by atoms with Crippen LogP contribution in [-0.2, 0) is 11.2 Å². The minimum atomic E-state index is -1.32. The fourth-order valence-corrected chi connectivity index (χ4v) is 2.10. The Morgan fingerprint density at radius 1 is 0.920 bits per heavy atom. The van der Waals surface area contributed by atoms with Gasteiger partial charge in [0.1, 0.15) is 6.04 Å². The minimum absolute atomic E-state index is 0.0430. The molecule has 2 rings (SSSR count). The van der Waals surface area contributed by atoms with Gasteiger partial charge in [-0.15, -0.1) is 0 Å². The van der Waals surface area contributed by atoms with E-state index < -0.39 is 35.5 Å². The highest BCUT2D eigenvalue weighted by molar-refractivity contribution is 5.96. The second-order valence-electron chi connectivity index (χ2n) is 5.20. The Labute approximate surface area is 140 Å². The number of nitrogens with one attached hydrogen (secondary N) is 1. The van der Waals surface area contributed by atoms with E-state index in [-0.39, 0.29) is 17.5 Å². The molecule has 25 heavy (non-hydrogen) atoms. The molecule has 6 nitrogen and oxygen atoms in total. The number of aromatic carboxylic acids is 1. The van der Waals surface area contributed by atoms with Crippen LogP contribution in [0.2, 0.25) is 0 Å². The molecular formula is C17H13F2NO5. The largest absolute Gasteiger partial charge is 0.480 e. The zero-order valence-electron chi connectivity index (χ0n) is 12.7. The number of hydrogen-bond acceptors (Lipinski definition) is 3. The SMILES string of the molecule is O=C(O)c1ccc(C[C@H](NC(=O)c2ccc(F)c(F)c2)C(=O)O)cc1. The maximum Gasteiger partial charge on any atom is 0.335 e. The molecule has 2 aromatic rings. The van der Waals surface area contributed by atoms with Crippen molar-refractivity contribution in [3.8, 4) is 0 Å². The number of hydrogen-bond donors (Lipinski definition) is 3. The lowest BCUT2D eigenvalue weighted by atomic mass is 10.0. The number of amides is 1. The summed E-state index contributed by atoms with van der Waals surface area (Å²) in [5, 5.41) is 20.3. The van der Waals surface area contributed by atoms with Gasteiger partial charge in [0.05, 0.1) is 5.56 Å². The summed E-state index contributed by atoms with van der Waals surface area (Å²) >= 11 is 0. The smallest absolute Gasteiger partial charge is 0.335 e. The molecule has 0 aliphatic carbocycles. The topological polar surface area (TPSA) is 104 Å². The second-order valence-corrected chi connectivity index (χ2v) is 5.20. The first kappa shape index (κ1) is 18.1. The predicted octanol–water partition coefficient (Wildman–Crippen LogP) is 2.09. The molecule has 0 heterocycles. The first-order chi connectivity index (χ1) is 11.8. The third-order valence-corrected chi connectivity index (χ3v) is 3.43. The molecule has 0 aliphatic rings. The van der Waals surface area contributed by atoms with Crippen molar-refractivity contribution in [1.29, 1.82) is 0 Å². The summed E-state index contributed by atoms with van der Waals surface area (Å²) in [6.07, 6.45) is -0.106. The third kappa shape index (κ3) is 4.60. The van der Waals surface area contributed by atoms with Gasteiger partial charge in [-0.05, 0) is 35.9 Å². The van der Waals surface area contributed by atoms with Gasteiger partial charge in [-0.2, -0.15) is 0 Å². The van der Waals surface area contributed by atoms with E-state index in [1.807, 2.05) is 0 Å². The van der Waals surface area contributed by atoms with Gasteiger partial charge in [-0.1, -0.05) is 12.1 Å². The van der Waals surface area contributed by atoms with Crippen LogP contribution in [0.3, 0.4) is 0 Å². The summed E-state index contributed by atoms with van der Waals surface area (Å²) < 4.78 is 26.1. The van der Waals surface area contributed by atoms with Crippen molar-refractivity contribution < 1.29 is 33.4 Å². The van der Waals surface area contributed by atoms with E-state index in [1.165, 1.54) is 24.3 Å². The van der Waals surface area contributed by atoms with Crippen LogP contribution in [0, 0.1) is 11.6 Å². The van der Waals surface area contributed by atoms with Gasteiger partial charge in [0.15, 0.2) is 11.6 Å². The van der Waals surface area contributed by atoms with E-state index in [0.717, 1.165) is 12.1 Å². The molecule has 1 atom stereocenters. The normalized spacial score (nSPS) is 11.6. The molecule has 0 unspecified atom stereocenters. The molecule has 2 aromatic carbocycles. The maximum atomic E-state index is 13.2. The molecule has 0 saturated carbocycles. The van der Waals surface area contributed by atoms with Crippen LogP contribution in [0.4, 0.5) is 8.78 Å². The lowest BCUT2D eigenvalue weighted by molar-refractivity contribution is -0.139. The van der Waals surface area contributed by atoms with E-state index in [9.17, 15) is 28.3 Å². The molecule has 0 aromatic heterocycles. The van der Waals surface area contributed by atoms with Gasteiger partial charge in [-0.3, -0.25) is 4.79 Å². The standard InChI is InChI=1S/C17H13F2NO5/c18-12-6-5-11(8-13(12)19)15(21)20-14(17(24)25)7-9-1-3-10(4-2-9)16(22)23/h1-6,8,14H,7H2,(H,20,21)(H,22,23)(H,24,25)/t14-/m0/s1. The van der Waals surface area contributed by atoms with Crippen molar-refractivity contribution in [3.05, 3.63) is 70.8 Å². The third-order valence-electron chi connectivity index (χ3n) is 3.43. The number of carboxylic acid groups (broad SMARTS) is 2. The summed E-state index contributed by atoms with van der Waals surface area (Å²) in [7, 11) is 0. The summed E-state index contributed by atoms with van der Waals surface area (Å²) in [6.45, 7) is 0. The second kappa shape index (κ2) is 7.52. The predicted molar refractivity (Wildman–Crippen MR) is 82.4 cm³/mol. The Kier molecular flexibility index (Phi) is 5.43. The van der Waals surface area contributed by atoms with Crippen molar-refractivity contribution in [2.45, 2.75) is 12.5 Å². The van der Waals surface area contributed by atoms with Gasteiger partial charge in [0.25, 0.3) is 5.91 Å². The summed E-state index contributed by atoms with van der Waals surface area (Å²) in [4.78, 5) is 34.1. The average molecular weight is 349 g/mol. The molecule has 1 amide bonds. The molecule has 3 N–H and O–H groups in total. The summed E-state index contributed by atoms with van der Waals surface area (Å²) in [5.74, 6) is -5.65. The highest BCUT2D eigenvalue weighted by Gasteiger charge is 2.22. The number of benzene rings is 2. The number of rotatable bonds is 6. The van der Waals surface area contributed by atoms with E-state index in [2.05, 4.69) is 5.32 Å². The maximum absolute atomic E-state index is 13.2. The van der Waals surface area contributed by atoms with E-state index in [0.29, 0.717) is 11.6 Å². The molecule has 0 fully saturated rings. The Balaban J connectivity index is 2.12. The van der Waals surface area contributed by atoms with Gasteiger partial charge in [0, 0.05) is 12.0 Å². The summed E-state index contributed by atoms with van der Waals surface area (Å²) in [6, 6.07) is 6.65. The molecule has 0 aliphatic heterocycles. The van der Waals surface area contributed by atoms with Crippen molar-refractivity contribution in [1.82, 2.24) is 5.32 Å². The molecular weight excluding hydrogens is 336 g/mol. The zero-order chi connectivity index (χ0) is 18.6. The van der Waals surface area contributed by atoms with E-state index in [1.54, 1.807) is 0 Å². The first-order valence-electron chi connectivity index (χ1n) is 7.09.